The molecule has 3 aromatic rings. The second kappa shape index (κ2) is 15.4. The number of amides is 4. The second-order valence-corrected chi connectivity index (χ2v) is 12.5. The molecule has 1 aromatic heterocycles. The minimum atomic E-state index is -0.853. The van der Waals surface area contributed by atoms with Crippen molar-refractivity contribution in [3.63, 3.8) is 0 Å². The number of nitrogens with zero attached hydrogens (tertiary/aromatic N) is 2. The molecule has 246 valence electrons. The van der Waals surface area contributed by atoms with E-state index in [1.54, 1.807) is 30.0 Å². The van der Waals surface area contributed by atoms with Crippen LogP contribution in [0.2, 0.25) is 0 Å². The van der Waals surface area contributed by atoms with Crippen molar-refractivity contribution in [2.24, 2.45) is 11.8 Å². The highest BCUT2D eigenvalue weighted by atomic mass is 19.1. The summed E-state index contributed by atoms with van der Waals surface area (Å²) >= 11 is 0. The number of benzene rings is 2. The number of piperazine rings is 1. The van der Waals surface area contributed by atoms with Crippen LogP contribution in [0.4, 0.5) is 10.1 Å². The summed E-state index contributed by atoms with van der Waals surface area (Å²) in [6.07, 6.45) is 6.47. The molecule has 11 heteroatoms. The Kier molecular flexibility index (Phi) is 11.1. The largest absolute Gasteiger partial charge is 0.463 e. The molecule has 46 heavy (non-hydrogen) atoms. The predicted octanol–water partition coefficient (Wildman–Crippen LogP) is 4.35. The third kappa shape index (κ3) is 8.12. The number of carbonyl (C=O) groups excluding carboxylic acids is 4. The number of hydrogen-bond donors (Lipinski definition) is 3. The van der Waals surface area contributed by atoms with Crippen LogP contribution < -0.4 is 16.0 Å². The Hall–Kier alpha value is -4.25. The SMILES string of the molecule is CCC(=O)NC[C@H](Cc1ccc(NC(=O)[C@@H](NC(=O)c2coc3ccccc23)C2CCCCC2)c(F)c1)C(=O)N1CCN(C)CC1. The maximum Gasteiger partial charge on any atom is 0.255 e. The molecule has 0 unspecified atom stereocenters. The summed E-state index contributed by atoms with van der Waals surface area (Å²) in [6.45, 7) is 4.64. The first-order chi connectivity index (χ1) is 22.2. The van der Waals surface area contributed by atoms with Gasteiger partial charge in [-0.2, -0.15) is 0 Å². The fourth-order valence-corrected chi connectivity index (χ4v) is 6.41. The molecule has 10 nitrogen and oxygen atoms in total. The van der Waals surface area contributed by atoms with Gasteiger partial charge in [0.15, 0.2) is 0 Å². The number of likely N-dealkylation sites (N-methyl/N-ethyl adjacent to an activating group) is 1. The second-order valence-electron chi connectivity index (χ2n) is 12.5. The van der Waals surface area contributed by atoms with Gasteiger partial charge in [-0.3, -0.25) is 19.2 Å². The van der Waals surface area contributed by atoms with E-state index in [9.17, 15) is 19.2 Å². The highest BCUT2D eigenvalue weighted by Crippen LogP contribution is 2.29. The van der Waals surface area contributed by atoms with E-state index in [1.165, 1.54) is 18.4 Å². The van der Waals surface area contributed by atoms with Gasteiger partial charge in [0.05, 0.1) is 17.2 Å². The van der Waals surface area contributed by atoms with E-state index >= 15 is 4.39 Å². The number of fused-ring (bicyclic) bond motifs is 1. The summed E-state index contributed by atoms with van der Waals surface area (Å²) in [5.74, 6) is -2.40. The molecule has 2 aliphatic rings. The lowest BCUT2D eigenvalue weighted by molar-refractivity contribution is -0.137. The maximum atomic E-state index is 15.5. The maximum absolute atomic E-state index is 15.5. The number of anilines is 1. The average molecular weight is 634 g/mol. The molecule has 2 fully saturated rings. The number of hydrogen-bond acceptors (Lipinski definition) is 6. The molecular formula is C35H44FN5O5. The number of nitrogens with one attached hydrogen (secondary N) is 3. The van der Waals surface area contributed by atoms with E-state index in [4.69, 9.17) is 4.42 Å². The Morgan fingerprint density at radius 3 is 2.46 bits per heavy atom. The molecule has 1 saturated carbocycles. The Bertz CT molecular complexity index is 1540. The zero-order chi connectivity index (χ0) is 32.6. The smallest absolute Gasteiger partial charge is 0.255 e. The lowest BCUT2D eigenvalue weighted by atomic mass is 9.83. The van der Waals surface area contributed by atoms with Crippen molar-refractivity contribution in [3.8, 4) is 0 Å². The first-order valence-corrected chi connectivity index (χ1v) is 16.3. The fraction of sp³-hybridized carbons (Fsp3) is 0.486. The van der Waals surface area contributed by atoms with Gasteiger partial charge in [0, 0.05) is 44.5 Å². The van der Waals surface area contributed by atoms with Crippen molar-refractivity contribution in [2.75, 3.05) is 45.1 Å². The third-order valence-electron chi connectivity index (χ3n) is 9.22. The van der Waals surface area contributed by atoms with Crippen LogP contribution in [-0.2, 0) is 20.8 Å². The van der Waals surface area contributed by atoms with Gasteiger partial charge in [-0.1, -0.05) is 50.5 Å². The monoisotopic (exact) mass is 633 g/mol. The third-order valence-corrected chi connectivity index (χ3v) is 9.22. The molecule has 1 aliphatic heterocycles. The average Bonchev–Trinajstić information content (AvgIpc) is 3.51. The molecule has 2 heterocycles. The molecule has 1 aliphatic carbocycles. The fourth-order valence-electron chi connectivity index (χ4n) is 6.41. The van der Waals surface area contributed by atoms with Crippen LogP contribution in [0.25, 0.3) is 11.0 Å². The van der Waals surface area contributed by atoms with Gasteiger partial charge < -0.3 is 30.2 Å². The Labute approximate surface area is 269 Å². The normalized spacial score (nSPS) is 17.3. The minimum absolute atomic E-state index is 0.00111. The molecule has 5 rings (SSSR count). The van der Waals surface area contributed by atoms with Crippen LogP contribution in [0, 0.1) is 17.7 Å². The van der Waals surface area contributed by atoms with Crippen LogP contribution in [0.5, 0.6) is 0 Å². The molecule has 0 bridgehead atoms. The molecule has 0 radical (unpaired) electrons. The summed E-state index contributed by atoms with van der Waals surface area (Å²) in [6, 6.07) is 10.9. The van der Waals surface area contributed by atoms with Crippen molar-refractivity contribution in [1.29, 1.82) is 0 Å². The van der Waals surface area contributed by atoms with Crippen molar-refractivity contribution in [2.45, 2.75) is 57.9 Å². The molecule has 0 spiro atoms. The van der Waals surface area contributed by atoms with Crippen LogP contribution >= 0.6 is 0 Å². The number of halogens is 1. The summed E-state index contributed by atoms with van der Waals surface area (Å²) in [5, 5.41) is 9.11. The van der Waals surface area contributed by atoms with Gasteiger partial charge in [0.1, 0.15) is 23.7 Å². The Morgan fingerprint density at radius 1 is 1.00 bits per heavy atom. The highest BCUT2D eigenvalue weighted by molar-refractivity contribution is 6.08. The molecule has 1 saturated heterocycles. The van der Waals surface area contributed by atoms with Crippen LogP contribution in [0.1, 0.15) is 61.4 Å². The number of carbonyl (C=O) groups is 4. The van der Waals surface area contributed by atoms with E-state index in [0.29, 0.717) is 41.6 Å². The van der Waals surface area contributed by atoms with Crippen LogP contribution in [0.3, 0.4) is 0 Å². The van der Waals surface area contributed by atoms with Gasteiger partial charge in [-0.15, -0.1) is 0 Å². The molecule has 4 amide bonds. The van der Waals surface area contributed by atoms with Crippen LogP contribution in [-0.4, -0.2) is 79.2 Å². The van der Waals surface area contributed by atoms with E-state index in [2.05, 4.69) is 20.9 Å². The summed E-state index contributed by atoms with van der Waals surface area (Å²) in [4.78, 5) is 56.4. The van der Waals surface area contributed by atoms with E-state index < -0.39 is 29.6 Å². The standard InChI is InChI=1S/C35H44FN5O5/c1-3-31(42)37-21-25(35(45)41-17-15-40(2)16-18-41)19-23-13-14-29(28(36)20-23)38-34(44)32(24-9-5-4-6-10-24)39-33(43)27-22-46-30-12-8-7-11-26(27)30/h7-8,11-14,20,22,24-25,32H,3-6,9-10,15-19,21H2,1-2H3,(H,37,42)(H,38,44)(H,39,43)/t25-,32-/m0/s1. The first kappa shape index (κ1) is 33.1. The zero-order valence-corrected chi connectivity index (χ0v) is 26.6. The number of furan rings is 1. The molecular weight excluding hydrogens is 589 g/mol. The summed E-state index contributed by atoms with van der Waals surface area (Å²) in [5.41, 5.74) is 1.50. The lowest BCUT2D eigenvalue weighted by Gasteiger charge is -2.34. The van der Waals surface area contributed by atoms with Gasteiger partial charge in [0.2, 0.25) is 17.7 Å². The van der Waals surface area contributed by atoms with E-state index in [-0.39, 0.29) is 36.4 Å². The summed E-state index contributed by atoms with van der Waals surface area (Å²) in [7, 11) is 2.01. The van der Waals surface area contributed by atoms with Gasteiger partial charge >= 0.3 is 0 Å². The van der Waals surface area contributed by atoms with Gasteiger partial charge in [-0.05, 0) is 56.0 Å². The Balaban J connectivity index is 1.29. The number of para-hydroxylation sites is 1. The molecule has 2 aromatic carbocycles. The molecule has 2 atom stereocenters. The van der Waals surface area contributed by atoms with Crippen molar-refractivity contribution < 1.29 is 28.0 Å². The number of rotatable bonds is 11. The lowest BCUT2D eigenvalue weighted by Crippen LogP contribution is -2.50. The van der Waals surface area contributed by atoms with Crippen molar-refractivity contribution >= 4 is 40.3 Å². The van der Waals surface area contributed by atoms with Crippen molar-refractivity contribution in [3.05, 3.63) is 65.7 Å². The topological polar surface area (TPSA) is 124 Å². The molecule has 3 N–H and O–H groups in total. The van der Waals surface area contributed by atoms with Gasteiger partial charge in [0.25, 0.3) is 5.91 Å². The van der Waals surface area contributed by atoms with Crippen molar-refractivity contribution in [1.82, 2.24) is 20.4 Å². The van der Waals surface area contributed by atoms with Gasteiger partial charge in [-0.25, -0.2) is 4.39 Å². The summed E-state index contributed by atoms with van der Waals surface area (Å²) < 4.78 is 21.0. The Morgan fingerprint density at radius 2 is 1.74 bits per heavy atom. The highest BCUT2D eigenvalue weighted by Gasteiger charge is 2.33. The quantitative estimate of drug-likeness (QED) is 0.289. The first-order valence-electron chi connectivity index (χ1n) is 16.3. The predicted molar refractivity (Wildman–Crippen MR) is 174 cm³/mol. The zero-order valence-electron chi connectivity index (χ0n) is 26.6. The van der Waals surface area contributed by atoms with E-state index in [1.807, 2.05) is 19.2 Å². The minimum Gasteiger partial charge on any atom is -0.463 e. The van der Waals surface area contributed by atoms with Crippen LogP contribution in [0.15, 0.2) is 53.1 Å². The van der Waals surface area contributed by atoms with E-state index in [0.717, 1.165) is 45.2 Å².